The molecule has 0 saturated heterocycles. The second kappa shape index (κ2) is 6.98. The van der Waals surface area contributed by atoms with Gasteiger partial charge in [-0.3, -0.25) is 5.43 Å². The largest absolute Gasteiger partial charge is 0.330 e. The van der Waals surface area contributed by atoms with E-state index in [1.165, 1.54) is 18.3 Å². The summed E-state index contributed by atoms with van der Waals surface area (Å²) in [5.41, 5.74) is 3.96. The number of rotatable bonds is 3. The summed E-state index contributed by atoms with van der Waals surface area (Å²) >= 11 is 11.1. The van der Waals surface area contributed by atoms with E-state index >= 15 is 0 Å². The third-order valence-electron chi connectivity index (χ3n) is 2.35. The Kier molecular flexibility index (Phi) is 5.03. The molecule has 0 unspecified atom stereocenters. The summed E-state index contributed by atoms with van der Waals surface area (Å²) in [4.78, 5) is 0. The highest BCUT2D eigenvalue weighted by Crippen LogP contribution is 2.20. The Morgan fingerprint density at radius 3 is 2.75 bits per heavy atom. The Morgan fingerprint density at radius 2 is 2.00 bits per heavy atom. The quantitative estimate of drug-likeness (QED) is 0.514. The Bertz CT molecular complexity index is 646. The molecule has 20 heavy (non-hydrogen) atoms. The van der Waals surface area contributed by atoms with Gasteiger partial charge in [0.1, 0.15) is 5.82 Å². The Morgan fingerprint density at radius 1 is 1.20 bits per heavy atom. The zero-order valence-corrected chi connectivity index (χ0v) is 11.9. The molecule has 6 heteroatoms. The van der Waals surface area contributed by atoms with Crippen molar-refractivity contribution in [2.75, 3.05) is 5.32 Å². The molecule has 102 valence electrons. The molecule has 0 aromatic heterocycles. The number of nitrogens with zero attached hydrogens (tertiary/aromatic N) is 1. The van der Waals surface area contributed by atoms with Crippen LogP contribution in [0.3, 0.4) is 0 Å². The number of anilines is 1. The molecule has 0 amide bonds. The lowest BCUT2D eigenvalue weighted by Crippen LogP contribution is -2.23. The van der Waals surface area contributed by atoms with Crippen LogP contribution in [0.4, 0.5) is 10.1 Å². The highest BCUT2D eigenvalue weighted by molar-refractivity contribution is 7.80. The number of nitrogens with one attached hydrogen (secondary N) is 2. The fraction of sp³-hybridized carbons (Fsp3) is 0. The molecule has 0 fully saturated rings. The van der Waals surface area contributed by atoms with Crippen molar-refractivity contribution in [3.63, 3.8) is 0 Å². The summed E-state index contributed by atoms with van der Waals surface area (Å²) in [7, 11) is 0. The molecular weight excluding hydrogens is 297 g/mol. The van der Waals surface area contributed by atoms with Crippen molar-refractivity contribution in [3.8, 4) is 0 Å². The molecule has 0 atom stereocenters. The van der Waals surface area contributed by atoms with Gasteiger partial charge in [0.2, 0.25) is 0 Å². The van der Waals surface area contributed by atoms with Gasteiger partial charge in [0.05, 0.1) is 16.9 Å². The summed E-state index contributed by atoms with van der Waals surface area (Å²) in [6, 6.07) is 13.3. The van der Waals surface area contributed by atoms with Crippen molar-refractivity contribution in [1.82, 2.24) is 5.43 Å². The van der Waals surface area contributed by atoms with Gasteiger partial charge in [0.25, 0.3) is 0 Å². The lowest BCUT2D eigenvalue weighted by atomic mass is 10.2. The van der Waals surface area contributed by atoms with Crippen LogP contribution in [0.25, 0.3) is 0 Å². The SMILES string of the molecule is Fc1cccc(/C=N\NC(=S)Nc2ccccc2Cl)c1. The molecule has 0 heterocycles. The molecule has 3 nitrogen and oxygen atoms in total. The van der Waals surface area contributed by atoms with Crippen molar-refractivity contribution in [2.45, 2.75) is 0 Å². The second-order valence-electron chi connectivity index (χ2n) is 3.86. The van der Waals surface area contributed by atoms with Crippen LogP contribution < -0.4 is 10.7 Å². The molecule has 0 spiro atoms. The first kappa shape index (κ1) is 14.4. The minimum absolute atomic E-state index is 0.297. The molecule has 0 bridgehead atoms. The van der Waals surface area contributed by atoms with Crippen LogP contribution in [-0.4, -0.2) is 11.3 Å². The Hall–Kier alpha value is -1.98. The summed E-state index contributed by atoms with van der Waals surface area (Å²) in [5, 5.41) is 7.69. The van der Waals surface area contributed by atoms with E-state index in [-0.39, 0.29) is 5.82 Å². The zero-order valence-electron chi connectivity index (χ0n) is 10.3. The third kappa shape index (κ3) is 4.29. The summed E-state index contributed by atoms with van der Waals surface area (Å²) in [6.45, 7) is 0. The maximum atomic E-state index is 13.0. The second-order valence-corrected chi connectivity index (χ2v) is 4.67. The average Bonchev–Trinajstić information content (AvgIpc) is 2.41. The monoisotopic (exact) mass is 307 g/mol. The first-order valence-corrected chi connectivity index (χ1v) is 6.54. The van der Waals surface area contributed by atoms with Crippen molar-refractivity contribution < 1.29 is 4.39 Å². The number of para-hydroxylation sites is 1. The zero-order chi connectivity index (χ0) is 14.4. The van der Waals surface area contributed by atoms with E-state index in [4.69, 9.17) is 23.8 Å². The summed E-state index contributed by atoms with van der Waals surface area (Å²) in [6.07, 6.45) is 1.48. The van der Waals surface area contributed by atoms with Gasteiger partial charge in [-0.2, -0.15) is 5.10 Å². The Balaban J connectivity index is 1.91. The fourth-order valence-electron chi connectivity index (χ4n) is 1.47. The molecule has 0 aliphatic heterocycles. The van der Waals surface area contributed by atoms with Gasteiger partial charge in [0, 0.05) is 0 Å². The predicted octanol–water partition coefficient (Wildman–Crippen LogP) is 3.80. The van der Waals surface area contributed by atoms with Gasteiger partial charge in [-0.1, -0.05) is 35.9 Å². The number of hydrogen-bond acceptors (Lipinski definition) is 2. The molecular formula is C14H11ClFN3S. The van der Waals surface area contributed by atoms with Crippen LogP contribution in [0.1, 0.15) is 5.56 Å². The lowest BCUT2D eigenvalue weighted by molar-refractivity contribution is 0.627. The summed E-state index contributed by atoms with van der Waals surface area (Å²) in [5.74, 6) is -0.314. The highest BCUT2D eigenvalue weighted by Gasteiger charge is 2.00. The first-order chi connectivity index (χ1) is 9.65. The van der Waals surface area contributed by atoms with Crippen LogP contribution in [0.2, 0.25) is 5.02 Å². The molecule has 0 aliphatic carbocycles. The van der Waals surface area contributed by atoms with Crippen molar-refractivity contribution in [3.05, 3.63) is 64.9 Å². The van der Waals surface area contributed by atoms with Gasteiger partial charge in [-0.05, 0) is 42.0 Å². The average molecular weight is 308 g/mol. The summed E-state index contributed by atoms with van der Waals surface area (Å²) < 4.78 is 13.0. The molecule has 2 rings (SSSR count). The van der Waals surface area contributed by atoms with Crippen LogP contribution in [-0.2, 0) is 0 Å². The molecule has 2 N–H and O–H groups in total. The minimum Gasteiger partial charge on any atom is -0.330 e. The van der Waals surface area contributed by atoms with Crippen molar-refractivity contribution in [2.24, 2.45) is 5.10 Å². The fourth-order valence-corrected chi connectivity index (χ4v) is 1.81. The van der Waals surface area contributed by atoms with Crippen LogP contribution in [0.15, 0.2) is 53.6 Å². The number of benzene rings is 2. The number of thiocarbonyl (C=S) groups is 1. The molecule has 0 aliphatic rings. The maximum Gasteiger partial charge on any atom is 0.191 e. The number of halogens is 2. The van der Waals surface area contributed by atoms with Crippen molar-refractivity contribution in [1.29, 1.82) is 0 Å². The van der Waals surface area contributed by atoms with E-state index in [1.807, 2.05) is 12.1 Å². The third-order valence-corrected chi connectivity index (χ3v) is 2.87. The van der Waals surface area contributed by atoms with Crippen LogP contribution in [0, 0.1) is 5.82 Å². The van der Waals surface area contributed by atoms with Gasteiger partial charge >= 0.3 is 0 Å². The van der Waals surface area contributed by atoms with E-state index in [0.29, 0.717) is 21.4 Å². The van der Waals surface area contributed by atoms with Gasteiger partial charge in [-0.25, -0.2) is 4.39 Å². The first-order valence-electron chi connectivity index (χ1n) is 5.75. The van der Waals surface area contributed by atoms with Gasteiger partial charge in [0.15, 0.2) is 5.11 Å². The normalized spacial score (nSPS) is 10.5. The van der Waals surface area contributed by atoms with E-state index in [2.05, 4.69) is 15.8 Å². The minimum atomic E-state index is -0.314. The standard InChI is InChI=1S/C14H11ClFN3S/c15-12-6-1-2-7-13(12)18-14(20)19-17-9-10-4-3-5-11(16)8-10/h1-9H,(H2,18,19,20)/b17-9-. The maximum absolute atomic E-state index is 13.0. The van der Waals surface area contributed by atoms with Crippen LogP contribution >= 0.6 is 23.8 Å². The van der Waals surface area contributed by atoms with E-state index in [1.54, 1.807) is 24.3 Å². The van der Waals surface area contributed by atoms with E-state index in [0.717, 1.165) is 0 Å². The number of hydrogen-bond donors (Lipinski definition) is 2. The number of hydrazone groups is 1. The lowest BCUT2D eigenvalue weighted by Gasteiger charge is -2.08. The predicted molar refractivity (Wildman–Crippen MR) is 84.8 cm³/mol. The van der Waals surface area contributed by atoms with Crippen LogP contribution in [0.5, 0.6) is 0 Å². The smallest absolute Gasteiger partial charge is 0.191 e. The molecule has 2 aromatic carbocycles. The van der Waals surface area contributed by atoms with E-state index < -0.39 is 0 Å². The molecule has 2 aromatic rings. The highest BCUT2D eigenvalue weighted by atomic mass is 35.5. The van der Waals surface area contributed by atoms with Gasteiger partial charge < -0.3 is 5.32 Å². The van der Waals surface area contributed by atoms with E-state index in [9.17, 15) is 4.39 Å². The van der Waals surface area contributed by atoms with Gasteiger partial charge in [-0.15, -0.1) is 0 Å². The molecule has 0 radical (unpaired) electrons. The topological polar surface area (TPSA) is 36.4 Å². The molecule has 0 saturated carbocycles. The van der Waals surface area contributed by atoms with Crippen molar-refractivity contribution >= 4 is 40.8 Å². The Labute approximate surface area is 126 Å².